The lowest BCUT2D eigenvalue weighted by Crippen LogP contribution is -2.42. The molecule has 3 aromatic rings. The number of rotatable bonds is 7. The van der Waals surface area contributed by atoms with E-state index in [1.807, 2.05) is 40.7 Å². The number of hydrogen-bond donors (Lipinski definition) is 2. The number of aliphatic hydroxyl groups is 1. The Hall–Kier alpha value is -2.60. The summed E-state index contributed by atoms with van der Waals surface area (Å²) in [6.07, 6.45) is 3.01. The number of furan rings is 1. The quantitative estimate of drug-likeness (QED) is 0.588. The molecule has 0 bridgehead atoms. The first-order valence-electron chi connectivity index (χ1n) is 10.1. The van der Waals surface area contributed by atoms with Crippen LogP contribution in [0.2, 0.25) is 0 Å². The van der Waals surface area contributed by atoms with Gasteiger partial charge in [-0.3, -0.25) is 4.79 Å². The van der Waals surface area contributed by atoms with Crippen molar-refractivity contribution in [2.24, 2.45) is 5.92 Å². The topological polar surface area (TPSA) is 92.7 Å². The van der Waals surface area contributed by atoms with E-state index in [0.717, 1.165) is 39.5 Å². The lowest BCUT2D eigenvalue weighted by molar-refractivity contribution is -0.122. The zero-order valence-corrected chi connectivity index (χ0v) is 17.7. The second-order valence-corrected chi connectivity index (χ2v) is 7.91. The van der Waals surface area contributed by atoms with Gasteiger partial charge in [-0.15, -0.1) is 0 Å². The fourth-order valence-electron chi connectivity index (χ4n) is 3.78. The van der Waals surface area contributed by atoms with E-state index in [-0.39, 0.29) is 37.3 Å². The number of fused-ring (bicyclic) bond motifs is 2. The lowest BCUT2D eigenvalue weighted by atomic mass is 9.97. The third kappa shape index (κ3) is 3.94. The van der Waals surface area contributed by atoms with E-state index in [4.69, 9.17) is 8.83 Å². The normalized spacial score (nSPS) is 13.7. The Labute approximate surface area is 169 Å². The van der Waals surface area contributed by atoms with Crippen molar-refractivity contribution in [2.45, 2.75) is 59.9 Å². The van der Waals surface area contributed by atoms with Crippen LogP contribution in [0.15, 0.2) is 26.0 Å². The van der Waals surface area contributed by atoms with Crippen molar-refractivity contribution in [2.75, 3.05) is 6.61 Å². The third-order valence-electron chi connectivity index (χ3n) is 6.01. The molecule has 0 unspecified atom stereocenters. The Morgan fingerprint density at radius 3 is 2.55 bits per heavy atom. The van der Waals surface area contributed by atoms with E-state index >= 15 is 0 Å². The molecule has 2 N–H and O–H groups in total. The van der Waals surface area contributed by atoms with Crippen molar-refractivity contribution < 1.29 is 18.7 Å². The predicted octanol–water partition coefficient (Wildman–Crippen LogP) is 3.92. The number of benzene rings is 1. The molecular formula is C23H29NO5. The molecule has 6 heteroatoms. The number of hydrogen-bond acceptors (Lipinski definition) is 5. The van der Waals surface area contributed by atoms with Crippen LogP contribution >= 0.6 is 0 Å². The second-order valence-electron chi connectivity index (χ2n) is 7.91. The molecular weight excluding hydrogens is 370 g/mol. The van der Waals surface area contributed by atoms with Gasteiger partial charge in [0.15, 0.2) is 0 Å². The van der Waals surface area contributed by atoms with Gasteiger partial charge < -0.3 is 19.3 Å². The molecule has 2 aromatic heterocycles. The molecule has 6 nitrogen and oxygen atoms in total. The van der Waals surface area contributed by atoms with Gasteiger partial charge in [0.1, 0.15) is 11.2 Å². The lowest BCUT2D eigenvalue weighted by Gasteiger charge is -2.22. The average Bonchev–Trinajstić information content (AvgIpc) is 3.07. The number of aliphatic hydroxyl groups excluding tert-OH is 1. The molecule has 3 rings (SSSR count). The number of nitrogens with one attached hydrogen (secondary N) is 1. The summed E-state index contributed by atoms with van der Waals surface area (Å²) in [4.78, 5) is 25.0. The monoisotopic (exact) mass is 399 g/mol. The Balaban J connectivity index is 1.90. The van der Waals surface area contributed by atoms with E-state index in [1.54, 1.807) is 6.26 Å². The minimum atomic E-state index is -0.422. The number of carbonyl (C=O) groups excluding carboxylic acids is 1. The third-order valence-corrected chi connectivity index (χ3v) is 6.01. The van der Waals surface area contributed by atoms with E-state index in [0.29, 0.717) is 11.1 Å². The Morgan fingerprint density at radius 2 is 1.90 bits per heavy atom. The van der Waals surface area contributed by atoms with Crippen molar-refractivity contribution >= 4 is 27.8 Å². The van der Waals surface area contributed by atoms with Gasteiger partial charge in [0.2, 0.25) is 5.91 Å². The Kier molecular flexibility index (Phi) is 6.13. The number of amides is 1. The summed E-state index contributed by atoms with van der Waals surface area (Å²) >= 11 is 0. The molecule has 1 amide bonds. The summed E-state index contributed by atoms with van der Waals surface area (Å²) in [6.45, 7) is 9.66. The van der Waals surface area contributed by atoms with Gasteiger partial charge in [-0.05, 0) is 50.3 Å². The molecule has 2 heterocycles. The fourth-order valence-corrected chi connectivity index (χ4v) is 3.78. The van der Waals surface area contributed by atoms with Gasteiger partial charge in [-0.1, -0.05) is 20.3 Å². The molecule has 0 radical (unpaired) electrons. The van der Waals surface area contributed by atoms with Crippen molar-refractivity contribution in [3.8, 4) is 0 Å². The smallest absolute Gasteiger partial charge is 0.339 e. The largest absolute Gasteiger partial charge is 0.464 e. The van der Waals surface area contributed by atoms with Gasteiger partial charge >= 0.3 is 5.63 Å². The number of carbonyl (C=O) groups is 1. The highest BCUT2D eigenvalue weighted by Gasteiger charge is 2.20. The highest BCUT2D eigenvalue weighted by atomic mass is 16.4. The summed E-state index contributed by atoms with van der Waals surface area (Å²) < 4.78 is 11.2. The van der Waals surface area contributed by atoms with Crippen molar-refractivity contribution in [1.29, 1.82) is 0 Å². The van der Waals surface area contributed by atoms with Crippen molar-refractivity contribution in [1.82, 2.24) is 5.32 Å². The molecule has 2 atom stereocenters. The van der Waals surface area contributed by atoms with Crippen LogP contribution in [0.1, 0.15) is 48.9 Å². The molecule has 0 aliphatic heterocycles. The van der Waals surface area contributed by atoms with E-state index in [9.17, 15) is 14.7 Å². The van der Waals surface area contributed by atoms with Gasteiger partial charge in [0, 0.05) is 28.3 Å². The van der Waals surface area contributed by atoms with Gasteiger partial charge in [-0.25, -0.2) is 4.79 Å². The standard InChI is InChI=1S/C23H29NO5/c1-6-12(2)19(10-25)24-20(26)8-7-16-14(4)18-9-17-13(3)11-28-21(17)15(5)22(18)29-23(16)27/h9,11-12,19,25H,6-8,10H2,1-5H3,(H,24,26)/t12-,19-/m1/s1. The molecule has 0 aliphatic rings. The second kappa shape index (κ2) is 8.41. The van der Waals surface area contributed by atoms with Crippen molar-refractivity contribution in [3.63, 3.8) is 0 Å². The van der Waals surface area contributed by atoms with E-state index in [1.165, 1.54) is 0 Å². The van der Waals surface area contributed by atoms with Crippen LogP contribution in [0.3, 0.4) is 0 Å². The maximum atomic E-state index is 12.6. The summed E-state index contributed by atoms with van der Waals surface area (Å²) in [5.74, 6) is 0.000525. The Bertz CT molecular complexity index is 1110. The SMILES string of the molecule is CC[C@@H](C)[C@@H](CO)NC(=O)CCc1c(C)c2cc3c(C)coc3c(C)c2oc1=O. The van der Waals surface area contributed by atoms with Crippen LogP contribution in [-0.2, 0) is 11.2 Å². The van der Waals surface area contributed by atoms with Crippen LogP contribution in [0, 0.1) is 26.7 Å². The predicted molar refractivity (Wildman–Crippen MR) is 113 cm³/mol. The first-order valence-corrected chi connectivity index (χ1v) is 10.1. The zero-order valence-electron chi connectivity index (χ0n) is 17.7. The molecule has 0 saturated carbocycles. The summed E-state index contributed by atoms with van der Waals surface area (Å²) in [5, 5.41) is 14.2. The number of aryl methyl sites for hydroxylation is 3. The summed E-state index contributed by atoms with van der Waals surface area (Å²) in [6, 6.07) is 1.71. The average molecular weight is 399 g/mol. The van der Waals surface area contributed by atoms with Crippen LogP contribution < -0.4 is 10.9 Å². The van der Waals surface area contributed by atoms with Crippen LogP contribution in [0.5, 0.6) is 0 Å². The molecule has 156 valence electrons. The minimum Gasteiger partial charge on any atom is -0.464 e. The molecule has 1 aromatic carbocycles. The van der Waals surface area contributed by atoms with Crippen LogP contribution in [0.4, 0.5) is 0 Å². The molecule has 29 heavy (non-hydrogen) atoms. The van der Waals surface area contributed by atoms with Gasteiger partial charge in [0.05, 0.1) is 18.9 Å². The molecule has 0 aliphatic carbocycles. The highest BCUT2D eigenvalue weighted by molar-refractivity contribution is 5.99. The molecule has 0 fully saturated rings. The van der Waals surface area contributed by atoms with Crippen LogP contribution in [-0.4, -0.2) is 23.7 Å². The van der Waals surface area contributed by atoms with Gasteiger partial charge in [0.25, 0.3) is 0 Å². The summed E-state index contributed by atoms with van der Waals surface area (Å²) in [7, 11) is 0. The molecule has 0 saturated heterocycles. The first kappa shape index (κ1) is 21.1. The van der Waals surface area contributed by atoms with Gasteiger partial charge in [-0.2, -0.15) is 0 Å². The summed E-state index contributed by atoms with van der Waals surface area (Å²) in [5.41, 5.74) is 4.00. The van der Waals surface area contributed by atoms with E-state index < -0.39 is 5.63 Å². The maximum absolute atomic E-state index is 12.6. The minimum absolute atomic E-state index is 0.1000. The zero-order chi connectivity index (χ0) is 21.3. The first-order chi connectivity index (χ1) is 13.8. The van der Waals surface area contributed by atoms with E-state index in [2.05, 4.69) is 5.32 Å². The molecule has 0 spiro atoms. The fraction of sp³-hybridized carbons (Fsp3) is 0.478. The van der Waals surface area contributed by atoms with Crippen LogP contribution in [0.25, 0.3) is 21.9 Å². The maximum Gasteiger partial charge on any atom is 0.339 e. The highest BCUT2D eigenvalue weighted by Crippen LogP contribution is 2.32. The Morgan fingerprint density at radius 1 is 1.17 bits per heavy atom. The van der Waals surface area contributed by atoms with Crippen molar-refractivity contribution in [3.05, 3.63) is 45.0 Å².